The van der Waals surface area contributed by atoms with Gasteiger partial charge in [0, 0.05) is 17.1 Å². The molecule has 0 aliphatic heterocycles. The van der Waals surface area contributed by atoms with Gasteiger partial charge in [-0.1, -0.05) is 0 Å². The highest BCUT2D eigenvalue weighted by atomic mass is 79.9. The maximum atomic E-state index is 12.9. The highest BCUT2D eigenvalue weighted by Crippen LogP contribution is 2.17. The standard InChI is InChI=1S/C10H12BrFN2O.ClH/c1-6(5-13)14-10(15)8-4-7(12)2-3-9(8)11;/h2-4,6H,5,13H2,1H3,(H,14,15);1H/t6-;/m0./s1. The Morgan fingerprint density at radius 3 is 2.81 bits per heavy atom. The zero-order valence-electron chi connectivity index (χ0n) is 8.67. The molecule has 16 heavy (non-hydrogen) atoms. The summed E-state index contributed by atoms with van der Waals surface area (Å²) >= 11 is 3.18. The van der Waals surface area contributed by atoms with Crippen molar-refractivity contribution in [3.8, 4) is 0 Å². The predicted octanol–water partition coefficient (Wildman–Crippen LogP) is 2.09. The van der Waals surface area contributed by atoms with E-state index in [4.69, 9.17) is 5.73 Å². The van der Waals surface area contributed by atoms with Gasteiger partial charge in [-0.05, 0) is 41.1 Å². The Bertz CT molecular complexity index is 376. The molecule has 1 aromatic carbocycles. The Morgan fingerprint density at radius 2 is 2.25 bits per heavy atom. The smallest absolute Gasteiger partial charge is 0.252 e. The van der Waals surface area contributed by atoms with Crippen LogP contribution in [0.1, 0.15) is 17.3 Å². The van der Waals surface area contributed by atoms with Crippen molar-refractivity contribution in [3.05, 3.63) is 34.1 Å². The van der Waals surface area contributed by atoms with Crippen LogP contribution in [0.15, 0.2) is 22.7 Å². The van der Waals surface area contributed by atoms with E-state index in [2.05, 4.69) is 21.2 Å². The van der Waals surface area contributed by atoms with Crippen LogP contribution in [0.25, 0.3) is 0 Å². The zero-order valence-corrected chi connectivity index (χ0v) is 11.1. The number of hydrogen-bond acceptors (Lipinski definition) is 2. The number of rotatable bonds is 3. The van der Waals surface area contributed by atoms with Gasteiger partial charge >= 0.3 is 0 Å². The van der Waals surface area contributed by atoms with E-state index in [9.17, 15) is 9.18 Å². The molecule has 0 fully saturated rings. The SMILES string of the molecule is C[C@@H](CN)NC(=O)c1cc(F)ccc1Br.Cl. The molecule has 0 saturated heterocycles. The number of carbonyl (C=O) groups excluding carboxylic acids is 1. The van der Waals surface area contributed by atoms with Crippen LogP contribution >= 0.6 is 28.3 Å². The van der Waals surface area contributed by atoms with Gasteiger partial charge in [0.2, 0.25) is 0 Å². The molecule has 3 N–H and O–H groups in total. The number of halogens is 3. The average Bonchev–Trinajstić information content (AvgIpc) is 2.21. The third-order valence-corrected chi connectivity index (χ3v) is 2.60. The van der Waals surface area contributed by atoms with E-state index >= 15 is 0 Å². The molecule has 1 rings (SSSR count). The Labute approximate surface area is 108 Å². The molecule has 0 radical (unpaired) electrons. The van der Waals surface area contributed by atoms with E-state index in [-0.39, 0.29) is 29.9 Å². The van der Waals surface area contributed by atoms with E-state index in [0.717, 1.165) is 0 Å². The Kier molecular flexibility index (Phi) is 6.55. The minimum atomic E-state index is -0.441. The highest BCUT2D eigenvalue weighted by Gasteiger charge is 2.12. The van der Waals surface area contributed by atoms with E-state index in [1.54, 1.807) is 6.92 Å². The van der Waals surface area contributed by atoms with Crippen LogP contribution < -0.4 is 11.1 Å². The van der Waals surface area contributed by atoms with Crippen molar-refractivity contribution < 1.29 is 9.18 Å². The summed E-state index contributed by atoms with van der Waals surface area (Å²) in [7, 11) is 0. The van der Waals surface area contributed by atoms with Crippen LogP contribution in [-0.2, 0) is 0 Å². The summed E-state index contributed by atoms with van der Waals surface area (Å²) in [5.74, 6) is -0.775. The minimum Gasteiger partial charge on any atom is -0.348 e. The van der Waals surface area contributed by atoms with Gasteiger partial charge in [0.15, 0.2) is 0 Å². The summed E-state index contributed by atoms with van der Waals surface area (Å²) < 4.78 is 13.5. The van der Waals surface area contributed by atoms with E-state index < -0.39 is 5.82 Å². The molecule has 3 nitrogen and oxygen atoms in total. The van der Waals surface area contributed by atoms with Gasteiger partial charge in [0.05, 0.1) is 5.56 Å². The van der Waals surface area contributed by atoms with E-state index in [1.165, 1.54) is 18.2 Å². The summed E-state index contributed by atoms with van der Waals surface area (Å²) in [5.41, 5.74) is 5.64. The molecule has 0 bridgehead atoms. The van der Waals surface area contributed by atoms with Gasteiger partial charge in [0.25, 0.3) is 5.91 Å². The predicted molar refractivity (Wildman–Crippen MR) is 67.3 cm³/mol. The quantitative estimate of drug-likeness (QED) is 0.898. The van der Waals surface area contributed by atoms with Gasteiger partial charge in [-0.15, -0.1) is 12.4 Å². The molecule has 0 heterocycles. The molecular formula is C10H13BrClFN2O. The number of amides is 1. The first-order valence-electron chi connectivity index (χ1n) is 4.50. The summed E-state index contributed by atoms with van der Waals surface area (Å²) in [6.07, 6.45) is 0. The zero-order chi connectivity index (χ0) is 11.4. The van der Waals surface area contributed by atoms with Crippen LogP contribution in [-0.4, -0.2) is 18.5 Å². The molecule has 0 aliphatic rings. The molecule has 0 unspecified atom stereocenters. The summed E-state index contributed by atoms with van der Waals surface area (Å²) in [4.78, 5) is 11.6. The molecule has 90 valence electrons. The first-order valence-corrected chi connectivity index (χ1v) is 5.30. The van der Waals surface area contributed by atoms with E-state index in [1.807, 2.05) is 0 Å². The monoisotopic (exact) mass is 310 g/mol. The number of nitrogens with one attached hydrogen (secondary N) is 1. The number of nitrogens with two attached hydrogens (primary N) is 1. The lowest BCUT2D eigenvalue weighted by atomic mass is 10.2. The van der Waals surface area contributed by atoms with Crippen LogP contribution in [0.3, 0.4) is 0 Å². The molecule has 0 saturated carbocycles. The third kappa shape index (κ3) is 4.08. The third-order valence-electron chi connectivity index (χ3n) is 1.90. The normalized spacial score (nSPS) is 11.5. The largest absolute Gasteiger partial charge is 0.348 e. The molecule has 0 aliphatic carbocycles. The second-order valence-corrected chi connectivity index (χ2v) is 4.09. The fraction of sp³-hybridized carbons (Fsp3) is 0.300. The first kappa shape index (κ1) is 15.3. The van der Waals surface area contributed by atoms with Crippen LogP contribution in [0.4, 0.5) is 4.39 Å². The number of benzene rings is 1. The molecule has 1 aromatic rings. The topological polar surface area (TPSA) is 55.1 Å². The second kappa shape index (κ2) is 6.83. The Morgan fingerprint density at radius 1 is 1.62 bits per heavy atom. The molecule has 0 aromatic heterocycles. The van der Waals surface area contributed by atoms with Gasteiger partial charge < -0.3 is 11.1 Å². The summed E-state index contributed by atoms with van der Waals surface area (Å²) in [6.45, 7) is 2.13. The van der Waals surface area contributed by atoms with Crippen molar-refractivity contribution in [2.45, 2.75) is 13.0 Å². The lowest BCUT2D eigenvalue weighted by Crippen LogP contribution is -2.37. The van der Waals surface area contributed by atoms with Crippen LogP contribution in [0, 0.1) is 5.82 Å². The van der Waals surface area contributed by atoms with E-state index in [0.29, 0.717) is 11.0 Å². The fourth-order valence-corrected chi connectivity index (χ4v) is 1.46. The van der Waals surface area contributed by atoms with Crippen LogP contribution in [0.5, 0.6) is 0 Å². The van der Waals surface area contributed by atoms with Gasteiger partial charge in [-0.3, -0.25) is 4.79 Å². The molecular weight excluding hydrogens is 298 g/mol. The van der Waals surface area contributed by atoms with Crippen molar-refractivity contribution in [2.24, 2.45) is 5.73 Å². The van der Waals surface area contributed by atoms with Gasteiger partial charge in [-0.25, -0.2) is 4.39 Å². The molecule has 1 atom stereocenters. The maximum absolute atomic E-state index is 12.9. The lowest BCUT2D eigenvalue weighted by molar-refractivity contribution is 0.0940. The molecule has 6 heteroatoms. The Balaban J connectivity index is 0.00000225. The second-order valence-electron chi connectivity index (χ2n) is 3.23. The van der Waals surface area contributed by atoms with Gasteiger partial charge in [0.1, 0.15) is 5.82 Å². The van der Waals surface area contributed by atoms with Crippen LogP contribution in [0.2, 0.25) is 0 Å². The lowest BCUT2D eigenvalue weighted by Gasteiger charge is -2.12. The van der Waals surface area contributed by atoms with Crippen molar-refractivity contribution >= 4 is 34.2 Å². The molecule has 0 spiro atoms. The molecule has 1 amide bonds. The Hall–Kier alpha value is -0.650. The van der Waals surface area contributed by atoms with Crippen molar-refractivity contribution in [1.82, 2.24) is 5.32 Å². The average molecular weight is 312 g/mol. The summed E-state index contributed by atoms with van der Waals surface area (Å²) in [5, 5.41) is 2.65. The fourth-order valence-electron chi connectivity index (χ4n) is 1.03. The van der Waals surface area contributed by atoms with Crippen molar-refractivity contribution in [2.75, 3.05) is 6.54 Å². The maximum Gasteiger partial charge on any atom is 0.252 e. The van der Waals surface area contributed by atoms with Gasteiger partial charge in [-0.2, -0.15) is 0 Å². The van der Waals surface area contributed by atoms with Crippen molar-refractivity contribution in [3.63, 3.8) is 0 Å². The highest BCUT2D eigenvalue weighted by molar-refractivity contribution is 9.10. The summed E-state index contributed by atoms with van der Waals surface area (Å²) in [6, 6.07) is 3.83. The number of hydrogen-bond donors (Lipinski definition) is 2. The minimum absolute atomic E-state index is 0. The van der Waals surface area contributed by atoms with Crippen molar-refractivity contribution in [1.29, 1.82) is 0 Å². The first-order chi connectivity index (χ1) is 7.04. The number of carbonyl (C=O) groups is 1.